The highest BCUT2D eigenvalue weighted by molar-refractivity contribution is 5.85. The quantitative estimate of drug-likeness (QED) is 0.510. The number of para-hydroxylation sites is 1. The van der Waals surface area contributed by atoms with Gasteiger partial charge in [0.05, 0.1) is 19.3 Å². The van der Waals surface area contributed by atoms with Crippen LogP contribution >= 0.6 is 0 Å². The maximum Gasteiger partial charge on any atom is 0.328 e. The Morgan fingerprint density at radius 3 is 2.67 bits per heavy atom. The summed E-state index contributed by atoms with van der Waals surface area (Å²) in [5.74, 6) is 0.216. The van der Waals surface area contributed by atoms with Crippen LogP contribution < -0.4 is 10.1 Å². The Hall–Kier alpha value is -3.57. The second kappa shape index (κ2) is 8.41. The molecule has 5 rings (SSSR count). The largest absolute Gasteiger partial charge is 0.493 e. The topological polar surface area (TPSA) is 67.8 Å². The van der Waals surface area contributed by atoms with Crippen molar-refractivity contribution in [3.63, 3.8) is 0 Å². The van der Waals surface area contributed by atoms with E-state index >= 15 is 0 Å². The van der Waals surface area contributed by atoms with Crippen LogP contribution in [0, 0.1) is 5.92 Å². The number of hydrogen-bond donors (Lipinski definition) is 2. The minimum atomic E-state index is -0.952. The van der Waals surface area contributed by atoms with Gasteiger partial charge < -0.3 is 19.9 Å². The van der Waals surface area contributed by atoms with E-state index < -0.39 is 5.97 Å². The molecule has 3 aromatic rings. The molecule has 3 aromatic carbocycles. The Morgan fingerprint density at radius 2 is 1.91 bits per heavy atom. The van der Waals surface area contributed by atoms with Crippen LogP contribution in [0.3, 0.4) is 0 Å². The van der Waals surface area contributed by atoms with Crippen molar-refractivity contribution in [2.75, 3.05) is 25.6 Å². The van der Waals surface area contributed by atoms with Gasteiger partial charge in [0, 0.05) is 35.8 Å². The number of fused-ring (bicyclic) bond motifs is 4. The predicted molar refractivity (Wildman–Crippen MR) is 130 cm³/mol. The minimum absolute atomic E-state index is 0.161. The summed E-state index contributed by atoms with van der Waals surface area (Å²) >= 11 is 0. The van der Waals surface area contributed by atoms with Gasteiger partial charge in [-0.2, -0.15) is 0 Å². The number of ether oxygens (including phenoxy) is 2. The van der Waals surface area contributed by atoms with Crippen LogP contribution in [-0.4, -0.2) is 31.4 Å². The Bertz CT molecular complexity index is 1220. The second-order valence-electron chi connectivity index (χ2n) is 8.98. The number of nitrogens with one attached hydrogen (secondary N) is 1. The molecule has 2 aliphatic rings. The Kier molecular flexibility index (Phi) is 5.43. The summed E-state index contributed by atoms with van der Waals surface area (Å²) in [4.78, 5) is 10.8. The van der Waals surface area contributed by atoms with Gasteiger partial charge in [-0.1, -0.05) is 55.5 Å². The van der Waals surface area contributed by atoms with Crippen molar-refractivity contribution >= 4 is 17.7 Å². The van der Waals surface area contributed by atoms with E-state index in [0.717, 1.165) is 34.2 Å². The van der Waals surface area contributed by atoms with Crippen LogP contribution in [0.5, 0.6) is 5.75 Å². The lowest BCUT2D eigenvalue weighted by atomic mass is 9.64. The molecule has 2 heterocycles. The first kappa shape index (κ1) is 21.3. The zero-order valence-corrected chi connectivity index (χ0v) is 18.7. The van der Waals surface area contributed by atoms with E-state index in [-0.39, 0.29) is 17.4 Å². The summed E-state index contributed by atoms with van der Waals surface area (Å²) in [5, 5.41) is 12.6. The fraction of sp³-hybridized carbons (Fsp3) is 0.250. The molecule has 0 aromatic heterocycles. The molecule has 1 unspecified atom stereocenters. The van der Waals surface area contributed by atoms with E-state index in [2.05, 4.69) is 42.6 Å². The highest BCUT2D eigenvalue weighted by Crippen LogP contribution is 2.52. The van der Waals surface area contributed by atoms with Gasteiger partial charge in [0.1, 0.15) is 5.75 Å². The number of benzene rings is 3. The summed E-state index contributed by atoms with van der Waals surface area (Å²) in [6.07, 6.45) is 2.75. The molecule has 0 saturated carbocycles. The third-order valence-corrected chi connectivity index (χ3v) is 6.95. The fourth-order valence-electron chi connectivity index (χ4n) is 5.22. The van der Waals surface area contributed by atoms with E-state index in [1.807, 2.05) is 36.4 Å². The minimum Gasteiger partial charge on any atom is -0.493 e. The molecule has 2 aliphatic heterocycles. The van der Waals surface area contributed by atoms with Crippen molar-refractivity contribution in [1.82, 2.24) is 0 Å². The number of carboxylic acid groups (broad SMARTS) is 1. The summed E-state index contributed by atoms with van der Waals surface area (Å²) in [5.41, 5.74) is 6.35. The van der Waals surface area contributed by atoms with Crippen LogP contribution in [0.2, 0.25) is 0 Å². The third kappa shape index (κ3) is 3.79. The van der Waals surface area contributed by atoms with Gasteiger partial charge in [-0.05, 0) is 46.5 Å². The van der Waals surface area contributed by atoms with Gasteiger partial charge in [0.15, 0.2) is 0 Å². The Morgan fingerprint density at radius 1 is 1.15 bits per heavy atom. The second-order valence-corrected chi connectivity index (χ2v) is 8.98. The van der Waals surface area contributed by atoms with E-state index in [0.29, 0.717) is 13.2 Å². The number of carbonyl (C=O) groups is 1. The molecule has 5 nitrogen and oxygen atoms in total. The summed E-state index contributed by atoms with van der Waals surface area (Å²) in [7, 11) is 1.76. The number of aliphatic carboxylic acids is 1. The molecule has 0 bridgehead atoms. The number of methoxy groups -OCH3 is 1. The van der Waals surface area contributed by atoms with Crippen molar-refractivity contribution in [1.29, 1.82) is 0 Å². The first-order valence-corrected chi connectivity index (χ1v) is 11.1. The van der Waals surface area contributed by atoms with Crippen LogP contribution in [0.25, 0.3) is 17.2 Å². The first-order valence-electron chi connectivity index (χ1n) is 11.1. The van der Waals surface area contributed by atoms with E-state index in [1.54, 1.807) is 13.2 Å². The smallest absolute Gasteiger partial charge is 0.328 e. The van der Waals surface area contributed by atoms with Gasteiger partial charge in [0.2, 0.25) is 0 Å². The Labute approximate surface area is 193 Å². The monoisotopic (exact) mass is 441 g/mol. The number of anilines is 1. The highest BCUT2D eigenvalue weighted by atomic mass is 16.5. The summed E-state index contributed by atoms with van der Waals surface area (Å²) < 4.78 is 11.9. The van der Waals surface area contributed by atoms with Gasteiger partial charge >= 0.3 is 5.97 Å². The van der Waals surface area contributed by atoms with Crippen molar-refractivity contribution < 1.29 is 19.4 Å². The molecule has 2 N–H and O–H groups in total. The molecule has 0 radical (unpaired) electrons. The zero-order chi connectivity index (χ0) is 23.0. The van der Waals surface area contributed by atoms with Crippen molar-refractivity contribution in [2.45, 2.75) is 18.4 Å². The maximum atomic E-state index is 10.8. The van der Waals surface area contributed by atoms with Crippen molar-refractivity contribution in [3.05, 3.63) is 89.5 Å². The highest BCUT2D eigenvalue weighted by Gasteiger charge is 2.49. The average Bonchev–Trinajstić information content (AvgIpc) is 2.83. The molecule has 168 valence electrons. The molecular formula is C28H27NO4. The first-order chi connectivity index (χ1) is 16.0. The number of rotatable bonds is 5. The molecule has 0 fully saturated rings. The van der Waals surface area contributed by atoms with Crippen LogP contribution in [-0.2, 0) is 14.9 Å². The number of hydrogen-bond acceptors (Lipinski definition) is 4. The van der Waals surface area contributed by atoms with Gasteiger partial charge in [0.25, 0.3) is 0 Å². The summed E-state index contributed by atoms with van der Waals surface area (Å²) in [6.45, 7) is 3.49. The maximum absolute atomic E-state index is 10.8. The van der Waals surface area contributed by atoms with Crippen LogP contribution in [0.1, 0.15) is 29.7 Å². The van der Waals surface area contributed by atoms with Crippen molar-refractivity contribution in [2.24, 2.45) is 5.92 Å². The normalized spacial score (nSPS) is 23.1. The van der Waals surface area contributed by atoms with Gasteiger partial charge in [-0.25, -0.2) is 4.79 Å². The lowest BCUT2D eigenvalue weighted by molar-refractivity contribution is -0.131. The lowest BCUT2D eigenvalue weighted by Crippen LogP contribution is -2.50. The number of carboxylic acids is 1. The zero-order valence-electron chi connectivity index (χ0n) is 18.7. The standard InChI is InChI=1S/C28H27NO4/c1-28(17-32-2)22-15-20(19-10-7-18(8-11-19)9-14-26(30)31)12-13-24(22)29-27-21-5-3-4-6-25(21)33-16-23(27)28/h3-15,23,27,29H,16-17H2,1-2H3,(H,30,31)/t23-,27+,28?/m0/s1. The SMILES string of the molecule is COCC1(C)c2cc(-c3ccc(C=CC(=O)O)cc3)ccc2N[C@@H]2c3ccccc3OC[C@@H]21. The van der Waals surface area contributed by atoms with E-state index in [9.17, 15) is 4.79 Å². The Balaban J connectivity index is 1.54. The molecular weight excluding hydrogens is 414 g/mol. The predicted octanol–water partition coefficient (Wildman–Crippen LogP) is 5.53. The molecule has 0 saturated heterocycles. The molecule has 5 heteroatoms. The van der Waals surface area contributed by atoms with E-state index in [4.69, 9.17) is 14.6 Å². The average molecular weight is 442 g/mol. The third-order valence-electron chi connectivity index (χ3n) is 6.95. The van der Waals surface area contributed by atoms with Gasteiger partial charge in [-0.15, -0.1) is 0 Å². The molecule has 0 amide bonds. The molecule has 33 heavy (non-hydrogen) atoms. The van der Waals surface area contributed by atoms with Crippen LogP contribution in [0.4, 0.5) is 5.69 Å². The van der Waals surface area contributed by atoms with Crippen LogP contribution in [0.15, 0.2) is 72.8 Å². The fourth-order valence-corrected chi connectivity index (χ4v) is 5.22. The molecule has 3 atom stereocenters. The van der Waals surface area contributed by atoms with Crippen molar-refractivity contribution in [3.8, 4) is 16.9 Å². The lowest BCUT2D eigenvalue weighted by Gasteiger charge is -2.50. The molecule has 0 aliphatic carbocycles. The summed E-state index contributed by atoms with van der Waals surface area (Å²) in [6, 6.07) is 22.9. The van der Waals surface area contributed by atoms with E-state index in [1.165, 1.54) is 11.1 Å². The molecule has 0 spiro atoms. The van der Waals surface area contributed by atoms with Gasteiger partial charge in [-0.3, -0.25) is 0 Å².